The molecule has 9 nitrogen and oxygen atoms in total. The summed E-state index contributed by atoms with van der Waals surface area (Å²) in [4.78, 5) is 28.9. The molecule has 0 atom stereocenters. The fraction of sp³-hybridized carbons (Fsp3) is 0.176. The van der Waals surface area contributed by atoms with Gasteiger partial charge in [-0.25, -0.2) is 18.4 Å². The lowest BCUT2D eigenvalue weighted by Crippen LogP contribution is -2.32. The summed E-state index contributed by atoms with van der Waals surface area (Å²) in [6, 6.07) is 8.31. The smallest absolute Gasteiger partial charge is 0.345 e. The second kappa shape index (κ2) is 8.30. The van der Waals surface area contributed by atoms with E-state index in [1.165, 1.54) is 18.5 Å². The van der Waals surface area contributed by atoms with Crippen molar-refractivity contribution in [1.29, 1.82) is 0 Å². The van der Waals surface area contributed by atoms with Crippen LogP contribution in [0.3, 0.4) is 0 Å². The van der Waals surface area contributed by atoms with Crippen LogP contribution >= 0.6 is 30.8 Å². The van der Waals surface area contributed by atoms with E-state index in [2.05, 4.69) is 9.97 Å². The van der Waals surface area contributed by atoms with E-state index in [9.17, 15) is 22.8 Å². The normalized spacial score (nSPS) is 12.2. The van der Waals surface area contributed by atoms with Gasteiger partial charge in [-0.2, -0.15) is 0 Å². The van der Waals surface area contributed by atoms with Crippen molar-refractivity contribution >= 4 is 63.2 Å². The Balaban J connectivity index is 2.31. The monoisotopic (exact) mass is 490 g/mol. The van der Waals surface area contributed by atoms with Gasteiger partial charge in [0.2, 0.25) is 0 Å². The summed E-state index contributed by atoms with van der Waals surface area (Å²) in [5.41, 5.74) is 0.193. The average Bonchev–Trinajstić information content (AvgIpc) is 2.63. The molecule has 0 amide bonds. The van der Waals surface area contributed by atoms with Crippen LogP contribution in [0.15, 0.2) is 47.6 Å². The van der Waals surface area contributed by atoms with Crippen LogP contribution in [0.25, 0.3) is 10.9 Å². The number of nitrogens with zero attached hydrogens (tertiary/aromatic N) is 4. The van der Waals surface area contributed by atoms with E-state index in [1.807, 2.05) is 0 Å². The molecule has 2 N–H and O–H groups in total. The van der Waals surface area contributed by atoms with Crippen molar-refractivity contribution < 1.29 is 22.8 Å². The minimum Gasteiger partial charge on any atom is -0.362 e. The second-order valence-corrected chi connectivity index (χ2v) is 10.9. The Morgan fingerprint density at radius 3 is 2.27 bits per heavy atom. The lowest BCUT2D eigenvalue weighted by molar-refractivity contribution is 0.373. The van der Waals surface area contributed by atoms with Crippen LogP contribution in [-0.2, 0) is 14.6 Å². The van der Waals surface area contributed by atoms with E-state index in [0.29, 0.717) is 15.5 Å². The van der Waals surface area contributed by atoms with Crippen LogP contribution in [-0.4, -0.2) is 48.6 Å². The predicted octanol–water partition coefficient (Wildman–Crippen LogP) is 3.33. The van der Waals surface area contributed by atoms with Gasteiger partial charge in [-0.05, 0) is 30.3 Å². The first kappa shape index (κ1) is 22.7. The Bertz CT molecular complexity index is 1250. The van der Waals surface area contributed by atoms with Crippen LogP contribution in [0.2, 0.25) is 10.0 Å². The van der Waals surface area contributed by atoms with Gasteiger partial charge in [-0.3, -0.25) is 8.87 Å². The molecule has 0 bridgehead atoms. The molecule has 0 saturated carbocycles. The van der Waals surface area contributed by atoms with Crippen molar-refractivity contribution in [3.63, 3.8) is 0 Å². The number of benzene rings is 2. The molecule has 0 unspecified atom stereocenters. The predicted molar refractivity (Wildman–Crippen MR) is 117 cm³/mol. The molecule has 0 spiro atoms. The van der Waals surface area contributed by atoms with Crippen molar-refractivity contribution in [3.8, 4) is 0 Å². The fourth-order valence-corrected chi connectivity index (χ4v) is 6.28. The Morgan fingerprint density at radius 2 is 1.70 bits per heavy atom. The summed E-state index contributed by atoms with van der Waals surface area (Å²) in [5.74, 6) is 0.515. The largest absolute Gasteiger partial charge is 0.362 e. The maximum Gasteiger partial charge on any atom is 0.345 e. The van der Waals surface area contributed by atoms with Gasteiger partial charge in [0.25, 0.3) is 10.0 Å². The topological polar surface area (TPSA) is 124 Å². The number of halogens is 2. The Hall–Kier alpha value is -1.94. The Labute approximate surface area is 183 Å². The fourth-order valence-electron chi connectivity index (χ4n) is 2.87. The Morgan fingerprint density at radius 1 is 1.07 bits per heavy atom. The van der Waals surface area contributed by atoms with E-state index in [0.717, 1.165) is 12.1 Å². The molecule has 1 heterocycles. The second-order valence-electron chi connectivity index (χ2n) is 6.53. The Kier molecular flexibility index (Phi) is 6.29. The third-order valence-corrected chi connectivity index (χ3v) is 7.07. The van der Waals surface area contributed by atoms with Gasteiger partial charge in [0, 0.05) is 29.5 Å². The zero-order chi connectivity index (χ0) is 22.3. The van der Waals surface area contributed by atoms with Crippen LogP contribution in [0.5, 0.6) is 0 Å². The number of aromatic nitrogens is 2. The molecule has 2 aromatic carbocycles. The number of fused-ring (bicyclic) bond motifs is 1. The van der Waals surface area contributed by atoms with Crippen LogP contribution < -0.4 is 9.21 Å². The van der Waals surface area contributed by atoms with Crippen molar-refractivity contribution in [2.75, 3.05) is 29.6 Å². The molecule has 0 radical (unpaired) electrons. The van der Waals surface area contributed by atoms with E-state index in [4.69, 9.17) is 23.2 Å². The highest BCUT2D eigenvalue weighted by Crippen LogP contribution is 2.42. The SMILES string of the molecule is CN(C)c1ncnc2c(N(CP(=O)(O)O)S(=O)(=O)c3cc(Cl)cc(Cl)c3)cccc12. The number of para-hydroxylation sites is 1. The van der Waals surface area contributed by atoms with Crippen LogP contribution in [0, 0.1) is 0 Å². The van der Waals surface area contributed by atoms with E-state index >= 15 is 0 Å². The molecule has 1 aromatic heterocycles. The van der Waals surface area contributed by atoms with Crippen molar-refractivity contribution in [2.24, 2.45) is 0 Å². The highest BCUT2D eigenvalue weighted by molar-refractivity contribution is 7.93. The lowest BCUT2D eigenvalue weighted by atomic mass is 10.2. The summed E-state index contributed by atoms with van der Waals surface area (Å²) in [6.45, 7) is 0. The number of hydrogen-bond donors (Lipinski definition) is 2. The molecule has 160 valence electrons. The maximum absolute atomic E-state index is 13.4. The van der Waals surface area contributed by atoms with Gasteiger partial charge >= 0.3 is 7.60 Å². The summed E-state index contributed by atoms with van der Waals surface area (Å²) < 4.78 is 39.2. The maximum atomic E-state index is 13.4. The lowest BCUT2D eigenvalue weighted by Gasteiger charge is -2.26. The molecule has 0 aliphatic rings. The van der Waals surface area contributed by atoms with Gasteiger partial charge in [-0.15, -0.1) is 0 Å². The molecule has 0 saturated heterocycles. The number of rotatable bonds is 6. The standard InChI is InChI=1S/C17H17Cl2N4O5PS/c1-22(2)17-14-4-3-5-15(16(14)20-9-21-17)23(10-29(24,25)26)30(27,28)13-7-11(18)6-12(19)8-13/h3-9H,10H2,1-2H3,(H2,24,25,26). The molecule has 3 rings (SSSR count). The number of sulfonamides is 1. The van der Waals surface area contributed by atoms with Crippen molar-refractivity contribution in [1.82, 2.24) is 9.97 Å². The van der Waals surface area contributed by atoms with Gasteiger partial charge in [0.1, 0.15) is 23.9 Å². The third kappa shape index (κ3) is 4.69. The van der Waals surface area contributed by atoms with Gasteiger partial charge in [0.15, 0.2) is 0 Å². The summed E-state index contributed by atoms with van der Waals surface area (Å²) in [6.07, 6.45) is 0.152. The summed E-state index contributed by atoms with van der Waals surface area (Å²) >= 11 is 11.9. The summed E-state index contributed by atoms with van der Waals surface area (Å²) in [7, 11) is -5.76. The minimum absolute atomic E-state index is 0.0163. The first-order valence-corrected chi connectivity index (χ1v) is 12.3. The molecular weight excluding hydrogens is 474 g/mol. The summed E-state index contributed by atoms with van der Waals surface area (Å²) in [5, 5.41) is 0.634. The van der Waals surface area contributed by atoms with Gasteiger partial charge in [0.05, 0.1) is 10.6 Å². The van der Waals surface area contributed by atoms with Gasteiger partial charge < -0.3 is 14.7 Å². The van der Waals surface area contributed by atoms with Crippen LogP contribution in [0.4, 0.5) is 11.5 Å². The first-order valence-electron chi connectivity index (χ1n) is 8.34. The molecule has 30 heavy (non-hydrogen) atoms. The molecule has 0 aliphatic carbocycles. The van der Waals surface area contributed by atoms with Crippen molar-refractivity contribution in [2.45, 2.75) is 4.90 Å². The van der Waals surface area contributed by atoms with E-state index in [1.54, 1.807) is 31.1 Å². The minimum atomic E-state index is -4.81. The highest BCUT2D eigenvalue weighted by Gasteiger charge is 2.33. The zero-order valence-corrected chi connectivity index (χ0v) is 19.0. The molecule has 3 aromatic rings. The zero-order valence-electron chi connectivity index (χ0n) is 15.8. The van der Waals surface area contributed by atoms with E-state index in [-0.39, 0.29) is 26.1 Å². The number of hydrogen-bond acceptors (Lipinski definition) is 6. The molecule has 0 aliphatic heterocycles. The van der Waals surface area contributed by atoms with Gasteiger partial charge in [-0.1, -0.05) is 29.3 Å². The quantitative estimate of drug-likeness (QED) is 0.504. The van der Waals surface area contributed by atoms with Crippen molar-refractivity contribution in [3.05, 3.63) is 52.8 Å². The third-order valence-electron chi connectivity index (χ3n) is 4.05. The number of anilines is 2. The first-order chi connectivity index (χ1) is 13.9. The molecular formula is C17H17Cl2N4O5PS. The average molecular weight is 491 g/mol. The molecule has 0 fully saturated rings. The molecule has 13 heteroatoms. The highest BCUT2D eigenvalue weighted by atomic mass is 35.5. The van der Waals surface area contributed by atoms with Crippen LogP contribution in [0.1, 0.15) is 0 Å². The van der Waals surface area contributed by atoms with E-state index < -0.39 is 23.9 Å².